The predicted molar refractivity (Wildman–Crippen MR) is 124 cm³/mol. The lowest BCUT2D eigenvalue weighted by Crippen LogP contribution is -2.46. The smallest absolute Gasteiger partial charge is 0.404 e. The van der Waals surface area contributed by atoms with Crippen LogP contribution < -0.4 is 10.2 Å². The number of fused-ring (bicyclic) bond motifs is 1. The number of aliphatic hydroxyl groups is 1. The highest BCUT2D eigenvalue weighted by Gasteiger charge is 2.35. The number of aromatic nitrogens is 2. The van der Waals surface area contributed by atoms with Gasteiger partial charge in [-0.15, -0.1) is 0 Å². The molecule has 1 saturated heterocycles. The maximum absolute atomic E-state index is 14.6. The van der Waals surface area contributed by atoms with Gasteiger partial charge in [0, 0.05) is 31.3 Å². The van der Waals surface area contributed by atoms with Crippen LogP contribution in [0, 0.1) is 17.6 Å². The van der Waals surface area contributed by atoms with Crippen LogP contribution in [0.25, 0.3) is 11.4 Å². The summed E-state index contributed by atoms with van der Waals surface area (Å²) in [6, 6.07) is 1.37. The van der Waals surface area contributed by atoms with Crippen molar-refractivity contribution in [3.8, 4) is 11.4 Å². The van der Waals surface area contributed by atoms with E-state index in [0.29, 0.717) is 49.4 Å². The zero-order valence-electron chi connectivity index (χ0n) is 18.0. The van der Waals surface area contributed by atoms with E-state index in [0.717, 1.165) is 12.1 Å². The Hall–Kier alpha value is -2.25. The summed E-state index contributed by atoms with van der Waals surface area (Å²) in [7, 11) is -2.96. The Morgan fingerprint density at radius 3 is 2.56 bits per heavy atom. The highest BCUT2D eigenvalue weighted by atomic mass is 35.5. The summed E-state index contributed by atoms with van der Waals surface area (Å²) in [5.41, 5.74) is 0.757. The third kappa shape index (κ3) is 5.20. The summed E-state index contributed by atoms with van der Waals surface area (Å²) in [6.07, 6.45) is 0.340. The second-order valence-electron chi connectivity index (χ2n) is 8.53. The number of hydrogen-bond donors (Lipinski definition) is 5. The van der Waals surface area contributed by atoms with Crippen LogP contribution >= 0.6 is 22.2 Å². The highest BCUT2D eigenvalue weighted by Crippen LogP contribution is 2.54. The lowest BCUT2D eigenvalue weighted by Gasteiger charge is -2.37. The summed E-state index contributed by atoms with van der Waals surface area (Å²) in [5, 5.41) is 20.5. The van der Waals surface area contributed by atoms with E-state index in [1.165, 1.54) is 0 Å². The fourth-order valence-electron chi connectivity index (χ4n) is 4.60. The molecule has 1 atom stereocenters. The number of aliphatic hydroxyl groups excluding tert-OH is 1. The van der Waals surface area contributed by atoms with Crippen LogP contribution in [0.1, 0.15) is 30.5 Å². The first-order valence-corrected chi connectivity index (χ1v) is 13.0. The lowest BCUT2D eigenvalue weighted by molar-refractivity contribution is 0.170. The Morgan fingerprint density at radius 1 is 1.21 bits per heavy atom. The number of rotatable bonds is 6. The van der Waals surface area contributed by atoms with Crippen molar-refractivity contribution in [2.45, 2.75) is 36.8 Å². The fourth-order valence-corrected chi connectivity index (χ4v) is 6.29. The van der Waals surface area contributed by atoms with Crippen molar-refractivity contribution in [3.05, 3.63) is 40.0 Å². The highest BCUT2D eigenvalue weighted by molar-refractivity contribution is 8.23. The van der Waals surface area contributed by atoms with E-state index >= 15 is 0 Å². The van der Waals surface area contributed by atoms with Gasteiger partial charge in [-0.2, -0.15) is 10.6 Å². The standard InChI is InChI=1S/C21H25ClF2N4O5S/c22-14-8-15(23)12(7-16(14)24)19-25-18-10-34(32,33)9-13(18)20(27-19)28-4-1-11(2-5-28)17(3-6-29)26-21(30)31/h7-8,11,17,26,29,32-33H,1-6,9-10H2,(H,30,31). The van der Waals surface area contributed by atoms with Crippen LogP contribution in [0.2, 0.25) is 5.02 Å². The monoisotopic (exact) mass is 518 g/mol. The third-order valence-electron chi connectivity index (χ3n) is 6.22. The second-order valence-corrected chi connectivity index (χ2v) is 11.1. The Balaban J connectivity index is 1.65. The van der Waals surface area contributed by atoms with Crippen molar-refractivity contribution in [3.63, 3.8) is 0 Å². The maximum Gasteiger partial charge on any atom is 0.404 e. The van der Waals surface area contributed by atoms with Gasteiger partial charge in [0.15, 0.2) is 5.82 Å². The average molecular weight is 519 g/mol. The van der Waals surface area contributed by atoms with E-state index in [4.69, 9.17) is 16.7 Å². The minimum atomic E-state index is -2.96. The first kappa shape index (κ1) is 24.9. The molecule has 34 heavy (non-hydrogen) atoms. The number of hydrogen-bond acceptors (Lipinski definition) is 7. The fraction of sp³-hybridized carbons (Fsp3) is 0.476. The van der Waals surface area contributed by atoms with Gasteiger partial charge >= 0.3 is 6.09 Å². The first-order valence-electron chi connectivity index (χ1n) is 10.7. The number of anilines is 1. The van der Waals surface area contributed by atoms with Crippen LogP contribution in [0.5, 0.6) is 0 Å². The molecule has 9 nitrogen and oxygen atoms in total. The van der Waals surface area contributed by atoms with E-state index in [-0.39, 0.29) is 40.4 Å². The Kier molecular flexibility index (Phi) is 7.15. The van der Waals surface area contributed by atoms with Crippen molar-refractivity contribution in [1.82, 2.24) is 15.3 Å². The molecule has 13 heteroatoms. The minimum absolute atomic E-state index is 0.00272. The van der Waals surface area contributed by atoms with Crippen molar-refractivity contribution >= 4 is 34.1 Å². The number of nitrogens with one attached hydrogen (secondary N) is 1. The molecule has 186 valence electrons. The van der Waals surface area contributed by atoms with Gasteiger partial charge in [-0.05, 0) is 37.3 Å². The van der Waals surface area contributed by atoms with Gasteiger partial charge in [0.05, 0.1) is 27.8 Å². The Labute approximate surface area is 201 Å². The number of halogens is 3. The van der Waals surface area contributed by atoms with Gasteiger partial charge in [0.1, 0.15) is 17.5 Å². The van der Waals surface area contributed by atoms with E-state index in [1.807, 2.05) is 4.90 Å². The van der Waals surface area contributed by atoms with E-state index in [9.17, 15) is 27.8 Å². The molecule has 0 spiro atoms. The molecule has 2 aliphatic rings. The molecular formula is C21H25ClF2N4O5S. The number of piperidine rings is 1. The molecular weight excluding hydrogens is 494 g/mol. The van der Waals surface area contributed by atoms with Crippen molar-refractivity contribution in [2.75, 3.05) is 24.6 Å². The molecule has 1 aromatic carbocycles. The molecule has 0 aliphatic carbocycles. The number of benzene rings is 1. The molecule has 0 bridgehead atoms. The van der Waals surface area contributed by atoms with Crippen LogP contribution in [0.3, 0.4) is 0 Å². The number of nitrogens with zero attached hydrogens (tertiary/aromatic N) is 3. The van der Waals surface area contributed by atoms with E-state index in [2.05, 4.69) is 15.3 Å². The van der Waals surface area contributed by atoms with Crippen LogP contribution in [-0.2, 0) is 11.5 Å². The van der Waals surface area contributed by atoms with Crippen LogP contribution in [0.15, 0.2) is 12.1 Å². The topological polar surface area (TPSA) is 139 Å². The van der Waals surface area contributed by atoms with Gasteiger partial charge in [-0.3, -0.25) is 9.11 Å². The SMILES string of the molecule is O=C(O)NC(CCO)C1CCN(c2nc(-c3cc(F)c(Cl)cc3F)nc3c2CS(O)(O)C3)CC1. The summed E-state index contributed by atoms with van der Waals surface area (Å²) in [6.45, 7) is 0.815. The molecule has 1 amide bonds. The van der Waals surface area contributed by atoms with Crippen molar-refractivity contribution < 1.29 is 32.9 Å². The zero-order chi connectivity index (χ0) is 24.6. The molecule has 3 heterocycles. The van der Waals surface area contributed by atoms with Gasteiger partial charge < -0.3 is 20.4 Å². The summed E-state index contributed by atoms with van der Waals surface area (Å²) in [4.78, 5) is 21.8. The van der Waals surface area contributed by atoms with Gasteiger partial charge in [0.25, 0.3) is 0 Å². The van der Waals surface area contributed by atoms with Gasteiger partial charge in [-0.25, -0.2) is 23.5 Å². The minimum Gasteiger partial charge on any atom is -0.465 e. The molecule has 5 N–H and O–H groups in total. The average Bonchev–Trinajstić information content (AvgIpc) is 3.09. The molecule has 1 aromatic heterocycles. The van der Waals surface area contributed by atoms with E-state index < -0.39 is 34.4 Å². The molecule has 1 unspecified atom stereocenters. The van der Waals surface area contributed by atoms with Gasteiger partial charge in [0.2, 0.25) is 0 Å². The normalized spacial score (nSPS) is 19.5. The third-order valence-corrected chi connectivity index (χ3v) is 8.00. The lowest BCUT2D eigenvalue weighted by atomic mass is 9.87. The van der Waals surface area contributed by atoms with Crippen LogP contribution in [0.4, 0.5) is 19.4 Å². The number of carbonyl (C=O) groups is 1. The zero-order valence-corrected chi connectivity index (χ0v) is 19.6. The molecule has 2 aromatic rings. The van der Waals surface area contributed by atoms with Crippen molar-refractivity contribution in [2.24, 2.45) is 5.92 Å². The summed E-state index contributed by atoms with van der Waals surface area (Å²) < 4.78 is 49.3. The molecule has 0 radical (unpaired) electrons. The molecule has 4 rings (SSSR count). The van der Waals surface area contributed by atoms with Gasteiger partial charge in [-0.1, -0.05) is 11.6 Å². The summed E-state index contributed by atoms with van der Waals surface area (Å²) in [5.74, 6) is -1.40. The second kappa shape index (κ2) is 9.78. The molecule has 2 aliphatic heterocycles. The molecule has 0 saturated carbocycles. The summed E-state index contributed by atoms with van der Waals surface area (Å²) >= 11 is 5.67. The Morgan fingerprint density at radius 2 is 1.91 bits per heavy atom. The predicted octanol–water partition coefficient (Wildman–Crippen LogP) is 4.07. The largest absolute Gasteiger partial charge is 0.465 e. The van der Waals surface area contributed by atoms with Crippen molar-refractivity contribution in [1.29, 1.82) is 0 Å². The number of amides is 1. The van der Waals surface area contributed by atoms with E-state index in [1.54, 1.807) is 0 Å². The quantitative estimate of drug-likeness (QED) is 0.361. The van der Waals surface area contributed by atoms with Crippen LogP contribution in [-0.4, -0.2) is 61.1 Å². The Bertz CT molecular complexity index is 1100. The molecule has 1 fully saturated rings. The maximum atomic E-state index is 14.6. The number of carboxylic acid groups (broad SMARTS) is 1. The first-order chi connectivity index (χ1) is 16.1.